The van der Waals surface area contributed by atoms with E-state index >= 15 is 0 Å². The summed E-state index contributed by atoms with van der Waals surface area (Å²) in [7, 11) is 1.93. The van der Waals surface area contributed by atoms with E-state index in [1.807, 2.05) is 24.1 Å². The second-order valence-corrected chi connectivity index (χ2v) is 6.16. The Morgan fingerprint density at radius 1 is 1.39 bits per heavy atom. The van der Waals surface area contributed by atoms with Crippen LogP contribution >= 0.6 is 24.8 Å². The van der Waals surface area contributed by atoms with Gasteiger partial charge in [0.25, 0.3) is 5.91 Å². The predicted molar refractivity (Wildman–Crippen MR) is 100 cm³/mol. The molecular formula is C17H27Cl2N3O. The van der Waals surface area contributed by atoms with Crippen molar-refractivity contribution in [3.05, 3.63) is 29.3 Å². The summed E-state index contributed by atoms with van der Waals surface area (Å²) >= 11 is 0. The molecule has 1 aromatic carbocycles. The summed E-state index contributed by atoms with van der Waals surface area (Å²) in [5.41, 5.74) is 3.27. The number of carbonyl (C=O) groups is 1. The van der Waals surface area contributed by atoms with Crippen LogP contribution in [0.25, 0.3) is 0 Å². The van der Waals surface area contributed by atoms with E-state index < -0.39 is 0 Å². The minimum absolute atomic E-state index is 0. The molecule has 2 aliphatic heterocycles. The molecule has 0 aliphatic carbocycles. The van der Waals surface area contributed by atoms with Crippen molar-refractivity contribution in [3.8, 4) is 0 Å². The van der Waals surface area contributed by atoms with E-state index in [9.17, 15) is 4.79 Å². The second kappa shape index (κ2) is 8.76. The first-order chi connectivity index (χ1) is 10.2. The van der Waals surface area contributed by atoms with Crippen molar-refractivity contribution >= 4 is 36.4 Å². The Balaban J connectivity index is 0.00000132. The molecule has 0 aromatic heterocycles. The monoisotopic (exact) mass is 359 g/mol. The lowest BCUT2D eigenvalue weighted by molar-refractivity contribution is 0.0754. The number of anilines is 1. The summed E-state index contributed by atoms with van der Waals surface area (Å²) in [4.78, 5) is 17.0. The van der Waals surface area contributed by atoms with Gasteiger partial charge in [-0.1, -0.05) is 6.92 Å². The number of fused-ring (bicyclic) bond motifs is 1. The molecular weight excluding hydrogens is 333 g/mol. The highest BCUT2D eigenvalue weighted by Gasteiger charge is 2.26. The molecule has 1 amide bonds. The van der Waals surface area contributed by atoms with E-state index in [4.69, 9.17) is 0 Å². The Labute approximate surface area is 151 Å². The fraction of sp³-hybridized carbons (Fsp3) is 0.588. The molecule has 0 bridgehead atoms. The molecule has 1 N–H and O–H groups in total. The standard InChI is InChI=1S/C17H25N3O.2ClH/c1-3-20-10-4-5-15(20)12-19(2)17(21)14-6-7-16-13(11-14)8-9-18-16;;/h6-7,11,15,18H,3-5,8-10,12H2,1-2H3;2*1H. The Hall–Kier alpha value is -0.970. The van der Waals surface area contributed by atoms with E-state index in [2.05, 4.69) is 23.2 Å². The smallest absolute Gasteiger partial charge is 0.253 e. The third-order valence-electron chi connectivity index (χ3n) is 4.80. The highest BCUT2D eigenvalue weighted by Crippen LogP contribution is 2.24. The van der Waals surface area contributed by atoms with Crippen LogP contribution in [-0.4, -0.2) is 55.0 Å². The number of rotatable bonds is 4. The topological polar surface area (TPSA) is 35.6 Å². The van der Waals surface area contributed by atoms with E-state index in [1.165, 1.54) is 30.6 Å². The molecule has 2 aliphatic rings. The molecule has 1 fully saturated rings. The minimum atomic E-state index is 0. The second-order valence-electron chi connectivity index (χ2n) is 6.16. The van der Waals surface area contributed by atoms with Gasteiger partial charge >= 0.3 is 0 Å². The summed E-state index contributed by atoms with van der Waals surface area (Å²) in [6.45, 7) is 6.27. The maximum absolute atomic E-state index is 12.6. The molecule has 1 aromatic rings. The van der Waals surface area contributed by atoms with Crippen molar-refractivity contribution in [2.24, 2.45) is 0 Å². The van der Waals surface area contributed by atoms with Crippen LogP contribution in [-0.2, 0) is 6.42 Å². The highest BCUT2D eigenvalue weighted by molar-refractivity contribution is 5.95. The third-order valence-corrected chi connectivity index (χ3v) is 4.80. The Kier molecular flexibility index (Phi) is 7.65. The third kappa shape index (κ3) is 4.31. The highest BCUT2D eigenvalue weighted by atomic mass is 35.5. The number of hydrogen-bond donors (Lipinski definition) is 1. The van der Waals surface area contributed by atoms with E-state index in [0.29, 0.717) is 6.04 Å². The van der Waals surface area contributed by atoms with Crippen molar-refractivity contribution in [2.45, 2.75) is 32.2 Å². The Bertz CT molecular complexity index is 539. The summed E-state index contributed by atoms with van der Waals surface area (Å²) in [6.07, 6.45) is 3.48. The average molecular weight is 360 g/mol. The lowest BCUT2D eigenvalue weighted by atomic mass is 10.1. The molecule has 130 valence electrons. The largest absolute Gasteiger partial charge is 0.384 e. The van der Waals surface area contributed by atoms with Crippen molar-refractivity contribution in [1.29, 1.82) is 0 Å². The average Bonchev–Trinajstić information content (AvgIpc) is 3.13. The van der Waals surface area contributed by atoms with Crippen molar-refractivity contribution in [2.75, 3.05) is 38.5 Å². The van der Waals surface area contributed by atoms with Crippen LogP contribution < -0.4 is 5.32 Å². The fourth-order valence-electron chi connectivity index (χ4n) is 3.58. The molecule has 6 heteroatoms. The van der Waals surface area contributed by atoms with Crippen LogP contribution in [0.2, 0.25) is 0 Å². The lowest BCUT2D eigenvalue weighted by Crippen LogP contribution is -2.41. The molecule has 0 radical (unpaired) electrons. The number of likely N-dealkylation sites (N-methyl/N-ethyl adjacent to an activating group) is 2. The van der Waals surface area contributed by atoms with Gasteiger partial charge in [-0.15, -0.1) is 24.8 Å². The van der Waals surface area contributed by atoms with Crippen LogP contribution in [0.1, 0.15) is 35.7 Å². The van der Waals surface area contributed by atoms with Gasteiger partial charge in [-0.3, -0.25) is 9.69 Å². The molecule has 1 unspecified atom stereocenters. The zero-order chi connectivity index (χ0) is 14.8. The first-order valence-electron chi connectivity index (χ1n) is 8.05. The van der Waals surface area contributed by atoms with Gasteiger partial charge in [0.1, 0.15) is 0 Å². The van der Waals surface area contributed by atoms with Gasteiger partial charge in [-0.05, 0) is 56.1 Å². The van der Waals surface area contributed by atoms with Gasteiger partial charge in [0.15, 0.2) is 0 Å². The Morgan fingerprint density at radius 3 is 2.91 bits per heavy atom. The lowest BCUT2D eigenvalue weighted by Gasteiger charge is -2.28. The van der Waals surface area contributed by atoms with Gasteiger partial charge in [0, 0.05) is 37.4 Å². The molecule has 0 saturated carbocycles. The first-order valence-corrected chi connectivity index (χ1v) is 8.05. The predicted octanol–water partition coefficient (Wildman–Crippen LogP) is 3.05. The van der Waals surface area contributed by atoms with Crippen molar-refractivity contribution in [3.63, 3.8) is 0 Å². The van der Waals surface area contributed by atoms with Crippen LogP contribution in [0, 0.1) is 0 Å². The number of likely N-dealkylation sites (tertiary alicyclic amines) is 1. The number of benzene rings is 1. The molecule has 1 saturated heterocycles. The van der Waals surface area contributed by atoms with Gasteiger partial charge in [-0.2, -0.15) is 0 Å². The molecule has 1 atom stereocenters. The quantitative estimate of drug-likeness (QED) is 0.897. The van der Waals surface area contributed by atoms with E-state index in [0.717, 1.165) is 31.6 Å². The van der Waals surface area contributed by atoms with E-state index in [1.54, 1.807) is 0 Å². The zero-order valence-electron chi connectivity index (χ0n) is 13.9. The summed E-state index contributed by atoms with van der Waals surface area (Å²) < 4.78 is 0. The summed E-state index contributed by atoms with van der Waals surface area (Å²) in [5.74, 6) is 0.146. The van der Waals surface area contributed by atoms with Crippen LogP contribution in [0.4, 0.5) is 5.69 Å². The SMILES string of the molecule is CCN1CCCC1CN(C)C(=O)c1ccc2c(c1)CCN2.Cl.Cl. The zero-order valence-corrected chi connectivity index (χ0v) is 15.5. The number of nitrogens with zero attached hydrogens (tertiary/aromatic N) is 2. The fourth-order valence-corrected chi connectivity index (χ4v) is 3.58. The van der Waals surface area contributed by atoms with Gasteiger partial charge in [-0.25, -0.2) is 0 Å². The summed E-state index contributed by atoms with van der Waals surface area (Å²) in [6, 6.07) is 6.57. The molecule has 23 heavy (non-hydrogen) atoms. The van der Waals surface area contributed by atoms with Crippen LogP contribution in [0.3, 0.4) is 0 Å². The minimum Gasteiger partial charge on any atom is -0.384 e. The number of nitrogens with one attached hydrogen (secondary N) is 1. The number of carbonyl (C=O) groups excluding carboxylic acids is 1. The maximum atomic E-state index is 12.6. The van der Waals surface area contributed by atoms with Gasteiger partial charge < -0.3 is 10.2 Å². The number of amides is 1. The van der Waals surface area contributed by atoms with Crippen molar-refractivity contribution in [1.82, 2.24) is 9.80 Å². The molecule has 3 rings (SSSR count). The first kappa shape index (κ1) is 20.1. The van der Waals surface area contributed by atoms with Gasteiger partial charge in [0.05, 0.1) is 0 Å². The van der Waals surface area contributed by atoms with Crippen LogP contribution in [0.5, 0.6) is 0 Å². The summed E-state index contributed by atoms with van der Waals surface area (Å²) in [5, 5.41) is 3.34. The molecule has 0 spiro atoms. The van der Waals surface area contributed by atoms with Crippen LogP contribution in [0.15, 0.2) is 18.2 Å². The maximum Gasteiger partial charge on any atom is 0.253 e. The molecule has 4 nitrogen and oxygen atoms in total. The normalized spacial score (nSPS) is 19.3. The number of hydrogen-bond acceptors (Lipinski definition) is 3. The number of halogens is 2. The molecule has 2 heterocycles. The van der Waals surface area contributed by atoms with E-state index in [-0.39, 0.29) is 30.7 Å². The van der Waals surface area contributed by atoms with Crippen molar-refractivity contribution < 1.29 is 4.79 Å². The van der Waals surface area contributed by atoms with Gasteiger partial charge in [0.2, 0.25) is 0 Å². The Morgan fingerprint density at radius 2 is 2.17 bits per heavy atom.